The van der Waals surface area contributed by atoms with Crippen LogP contribution in [0.15, 0.2) is 18.2 Å². The molecule has 4 nitrogen and oxygen atoms in total. The number of ketones is 1. The van der Waals surface area contributed by atoms with Crippen LogP contribution in [0.4, 0.5) is 5.69 Å². The van der Waals surface area contributed by atoms with Gasteiger partial charge >= 0.3 is 0 Å². The maximum Gasteiger partial charge on any atom is 0.179 e. The lowest BCUT2D eigenvalue weighted by molar-refractivity contribution is 0.0951. The van der Waals surface area contributed by atoms with Gasteiger partial charge in [-0.05, 0) is 44.5 Å². The van der Waals surface area contributed by atoms with E-state index < -0.39 is 0 Å². The van der Waals surface area contributed by atoms with Crippen molar-refractivity contribution in [2.24, 2.45) is 0 Å². The van der Waals surface area contributed by atoms with Gasteiger partial charge in [-0.15, -0.1) is 0 Å². The van der Waals surface area contributed by atoms with Gasteiger partial charge in [0.1, 0.15) is 11.9 Å². The fraction of sp³-hybridized carbons (Fsp3) is 0.562. The Morgan fingerprint density at radius 3 is 3.00 bits per heavy atom. The molecule has 2 N–H and O–H groups in total. The lowest BCUT2D eigenvalue weighted by Crippen LogP contribution is -2.34. The number of Topliss-reactive ketones (excluding diaryl/α,β-unsaturated/α-hetero) is 1. The summed E-state index contributed by atoms with van der Waals surface area (Å²) in [5.41, 5.74) is 1.65. The highest BCUT2D eigenvalue weighted by molar-refractivity contribution is 6.01. The molecule has 0 amide bonds. The van der Waals surface area contributed by atoms with Crippen molar-refractivity contribution in [3.63, 3.8) is 0 Å². The van der Waals surface area contributed by atoms with Crippen LogP contribution in [0.3, 0.4) is 0 Å². The minimum atomic E-state index is -0.152. The van der Waals surface area contributed by atoms with Crippen LogP contribution < -0.4 is 15.4 Å². The average molecular weight is 276 g/mol. The third-order valence-electron chi connectivity index (χ3n) is 3.63. The van der Waals surface area contributed by atoms with Crippen molar-refractivity contribution in [2.75, 3.05) is 18.4 Å². The Kier molecular flexibility index (Phi) is 5.01. The lowest BCUT2D eigenvalue weighted by Gasteiger charge is -2.27. The van der Waals surface area contributed by atoms with Crippen molar-refractivity contribution in [3.05, 3.63) is 23.8 Å². The Labute approximate surface area is 120 Å². The van der Waals surface area contributed by atoms with E-state index in [0.29, 0.717) is 0 Å². The van der Waals surface area contributed by atoms with Crippen LogP contribution in [0.25, 0.3) is 0 Å². The number of ether oxygens (including phenoxy) is 1. The normalized spacial score (nSPS) is 18.6. The highest BCUT2D eigenvalue weighted by Crippen LogP contribution is 2.30. The van der Waals surface area contributed by atoms with Crippen molar-refractivity contribution >= 4 is 11.5 Å². The maximum atomic E-state index is 12.3. The largest absolute Gasteiger partial charge is 0.486 e. The third-order valence-corrected chi connectivity index (χ3v) is 3.63. The third kappa shape index (κ3) is 3.31. The summed E-state index contributed by atoms with van der Waals surface area (Å²) in [5, 5.41) is 6.57. The number of benzene rings is 1. The second-order valence-electron chi connectivity index (χ2n) is 5.28. The minimum absolute atomic E-state index is 0.126. The summed E-state index contributed by atoms with van der Waals surface area (Å²) in [6.45, 7) is 7.77. The molecule has 0 saturated heterocycles. The van der Waals surface area contributed by atoms with Crippen molar-refractivity contribution in [3.8, 4) is 5.75 Å². The standard InChI is InChI=1S/C16H24N2O2/c1-4-8-17-11(3)16(19)12-6-7-15-14(9-12)18-10-13(5-2)20-15/h6-7,9,11,13,17-18H,4-5,8,10H2,1-3H3. The molecule has 0 aromatic heterocycles. The molecule has 0 bridgehead atoms. The fourth-order valence-corrected chi connectivity index (χ4v) is 2.30. The van der Waals surface area contributed by atoms with Gasteiger partial charge in [0, 0.05) is 5.56 Å². The molecule has 0 spiro atoms. The molecular weight excluding hydrogens is 252 g/mol. The highest BCUT2D eigenvalue weighted by Gasteiger charge is 2.20. The topological polar surface area (TPSA) is 50.4 Å². The molecule has 0 radical (unpaired) electrons. The SMILES string of the molecule is CCCNC(C)C(=O)c1ccc2c(c1)NCC(CC)O2. The molecule has 4 heteroatoms. The smallest absolute Gasteiger partial charge is 0.179 e. The van der Waals surface area contributed by atoms with Crippen molar-refractivity contribution in [1.82, 2.24) is 5.32 Å². The summed E-state index contributed by atoms with van der Waals surface area (Å²) < 4.78 is 5.85. The van der Waals surface area contributed by atoms with Crippen molar-refractivity contribution in [2.45, 2.75) is 45.8 Å². The quantitative estimate of drug-likeness (QED) is 0.784. The molecule has 110 valence electrons. The van der Waals surface area contributed by atoms with Crippen LogP contribution in [0.5, 0.6) is 5.75 Å². The number of hydrogen-bond acceptors (Lipinski definition) is 4. The minimum Gasteiger partial charge on any atom is -0.486 e. The second-order valence-corrected chi connectivity index (χ2v) is 5.28. The van der Waals surface area contributed by atoms with Gasteiger partial charge in [0.05, 0.1) is 18.3 Å². The summed E-state index contributed by atoms with van der Waals surface area (Å²) in [7, 11) is 0. The van der Waals surface area contributed by atoms with E-state index in [1.165, 1.54) is 0 Å². The van der Waals surface area contributed by atoms with E-state index in [0.717, 1.165) is 42.9 Å². The van der Waals surface area contributed by atoms with Gasteiger partial charge in [-0.1, -0.05) is 13.8 Å². The summed E-state index contributed by atoms with van der Waals surface area (Å²) in [4.78, 5) is 12.3. The molecule has 1 aromatic rings. The van der Waals surface area contributed by atoms with E-state index in [1.807, 2.05) is 25.1 Å². The van der Waals surface area contributed by atoms with E-state index in [9.17, 15) is 4.79 Å². The zero-order chi connectivity index (χ0) is 14.5. The molecule has 20 heavy (non-hydrogen) atoms. The van der Waals surface area contributed by atoms with E-state index in [2.05, 4.69) is 24.5 Å². The van der Waals surface area contributed by atoms with E-state index in [1.54, 1.807) is 0 Å². The summed E-state index contributed by atoms with van der Waals surface area (Å²) in [6.07, 6.45) is 2.22. The van der Waals surface area contributed by atoms with Crippen molar-refractivity contribution in [1.29, 1.82) is 0 Å². The number of carbonyl (C=O) groups excluding carboxylic acids is 1. The Morgan fingerprint density at radius 2 is 2.30 bits per heavy atom. The summed E-state index contributed by atoms with van der Waals surface area (Å²) >= 11 is 0. The highest BCUT2D eigenvalue weighted by atomic mass is 16.5. The molecule has 0 aliphatic carbocycles. The van der Waals surface area contributed by atoms with Gasteiger partial charge in [-0.2, -0.15) is 0 Å². The molecule has 1 aromatic carbocycles. The van der Waals surface area contributed by atoms with E-state index in [-0.39, 0.29) is 17.9 Å². The summed E-state index contributed by atoms with van der Waals surface area (Å²) in [5.74, 6) is 0.967. The Morgan fingerprint density at radius 1 is 1.50 bits per heavy atom. The molecule has 1 aliphatic rings. The van der Waals surface area contributed by atoms with Gasteiger partial charge in [0.2, 0.25) is 0 Å². The molecule has 1 heterocycles. The van der Waals surface area contributed by atoms with E-state index >= 15 is 0 Å². The lowest BCUT2D eigenvalue weighted by atomic mass is 10.0. The number of anilines is 1. The Balaban J connectivity index is 2.09. The number of carbonyl (C=O) groups is 1. The maximum absolute atomic E-state index is 12.3. The molecule has 0 saturated carbocycles. The van der Waals surface area contributed by atoms with Gasteiger partial charge in [0.15, 0.2) is 5.78 Å². The Bertz CT molecular complexity index is 474. The number of nitrogens with one attached hydrogen (secondary N) is 2. The average Bonchev–Trinajstić information content (AvgIpc) is 2.50. The number of hydrogen-bond donors (Lipinski definition) is 2. The van der Waals surface area contributed by atoms with Gasteiger partial charge in [-0.3, -0.25) is 4.79 Å². The van der Waals surface area contributed by atoms with Gasteiger partial charge < -0.3 is 15.4 Å². The first-order valence-electron chi connectivity index (χ1n) is 7.47. The monoisotopic (exact) mass is 276 g/mol. The number of fused-ring (bicyclic) bond motifs is 1. The van der Waals surface area contributed by atoms with E-state index in [4.69, 9.17) is 4.74 Å². The van der Waals surface area contributed by atoms with Gasteiger partial charge in [-0.25, -0.2) is 0 Å². The predicted octanol–water partition coefficient (Wildman–Crippen LogP) is 2.84. The molecule has 2 unspecified atom stereocenters. The van der Waals surface area contributed by atoms with Crippen LogP contribution in [0.1, 0.15) is 44.0 Å². The molecule has 1 aliphatic heterocycles. The van der Waals surface area contributed by atoms with Crippen molar-refractivity contribution < 1.29 is 9.53 Å². The first-order chi connectivity index (χ1) is 9.65. The zero-order valence-corrected chi connectivity index (χ0v) is 12.5. The van der Waals surface area contributed by atoms with Crippen LogP contribution in [-0.4, -0.2) is 31.0 Å². The summed E-state index contributed by atoms with van der Waals surface area (Å²) in [6, 6.07) is 5.49. The predicted molar refractivity (Wildman–Crippen MR) is 81.7 cm³/mol. The Hall–Kier alpha value is -1.55. The first-order valence-corrected chi connectivity index (χ1v) is 7.47. The number of rotatable bonds is 6. The van der Waals surface area contributed by atoms with Crippen LogP contribution in [-0.2, 0) is 0 Å². The molecule has 0 fully saturated rings. The second kappa shape index (κ2) is 6.75. The molecular formula is C16H24N2O2. The molecule has 2 atom stereocenters. The fourth-order valence-electron chi connectivity index (χ4n) is 2.30. The van der Waals surface area contributed by atoms with Crippen LogP contribution >= 0.6 is 0 Å². The van der Waals surface area contributed by atoms with Gasteiger partial charge in [0.25, 0.3) is 0 Å². The van der Waals surface area contributed by atoms with Crippen LogP contribution in [0, 0.1) is 0 Å². The zero-order valence-electron chi connectivity index (χ0n) is 12.5. The first kappa shape index (κ1) is 14.9. The molecule has 2 rings (SSSR count). The van der Waals surface area contributed by atoms with Crippen LogP contribution in [0.2, 0.25) is 0 Å².